The minimum atomic E-state index is -3.32. The van der Waals surface area contributed by atoms with Crippen LogP contribution >= 0.6 is 0 Å². The highest BCUT2D eigenvalue weighted by Crippen LogP contribution is 2.27. The van der Waals surface area contributed by atoms with E-state index in [2.05, 4.69) is 5.32 Å². The number of sulfonamides is 1. The van der Waals surface area contributed by atoms with E-state index in [0.29, 0.717) is 29.9 Å². The Morgan fingerprint density at radius 3 is 2.72 bits per heavy atom. The third-order valence-corrected chi connectivity index (χ3v) is 5.78. The summed E-state index contributed by atoms with van der Waals surface area (Å²) in [5.41, 5.74) is 1.08. The molecule has 8 heteroatoms. The van der Waals surface area contributed by atoms with E-state index >= 15 is 0 Å². The predicted octanol–water partition coefficient (Wildman–Crippen LogP) is 2.63. The van der Waals surface area contributed by atoms with Crippen molar-refractivity contribution < 1.29 is 22.3 Å². The topological polar surface area (TPSA) is 75.7 Å². The maximum absolute atomic E-state index is 13.2. The largest absolute Gasteiger partial charge is 0.494 e. The minimum Gasteiger partial charge on any atom is -0.494 e. The second-order valence-corrected chi connectivity index (χ2v) is 7.60. The first-order valence-electron chi connectivity index (χ1n) is 7.66. The quantitative estimate of drug-likeness (QED) is 0.905. The number of nitrogens with one attached hydrogen (secondary N) is 1. The van der Waals surface area contributed by atoms with Gasteiger partial charge in [-0.15, -0.1) is 0 Å². The number of hydrogen-bond donors (Lipinski definition) is 1. The molecule has 0 aliphatic carbocycles. The molecule has 0 aromatic heterocycles. The first kappa shape index (κ1) is 17.2. The van der Waals surface area contributed by atoms with E-state index in [4.69, 9.17) is 4.74 Å². The number of nitrogens with zero attached hydrogens (tertiary/aromatic N) is 1. The molecule has 6 nitrogen and oxygen atoms in total. The van der Waals surface area contributed by atoms with Crippen molar-refractivity contribution in [2.24, 2.45) is 0 Å². The summed E-state index contributed by atoms with van der Waals surface area (Å²) in [6, 6.07) is 10.2. The van der Waals surface area contributed by atoms with Crippen molar-refractivity contribution >= 4 is 27.3 Å². The lowest BCUT2D eigenvalue weighted by molar-refractivity contribution is 0.102. The fourth-order valence-electron chi connectivity index (χ4n) is 2.69. The monoisotopic (exact) mass is 364 g/mol. The van der Waals surface area contributed by atoms with Gasteiger partial charge in [0, 0.05) is 18.2 Å². The van der Waals surface area contributed by atoms with E-state index in [1.54, 1.807) is 18.2 Å². The van der Waals surface area contributed by atoms with E-state index < -0.39 is 21.7 Å². The summed E-state index contributed by atoms with van der Waals surface area (Å²) in [5, 5.41) is 2.64. The van der Waals surface area contributed by atoms with Crippen LogP contribution in [-0.2, 0) is 10.0 Å². The van der Waals surface area contributed by atoms with Crippen molar-refractivity contribution in [1.29, 1.82) is 0 Å². The number of anilines is 2. The molecule has 25 heavy (non-hydrogen) atoms. The highest BCUT2D eigenvalue weighted by molar-refractivity contribution is 7.93. The summed E-state index contributed by atoms with van der Waals surface area (Å²) >= 11 is 0. The molecule has 132 valence electrons. The highest BCUT2D eigenvalue weighted by atomic mass is 32.2. The molecule has 1 heterocycles. The van der Waals surface area contributed by atoms with Gasteiger partial charge >= 0.3 is 0 Å². The van der Waals surface area contributed by atoms with Gasteiger partial charge in [-0.2, -0.15) is 0 Å². The van der Waals surface area contributed by atoms with E-state index in [1.165, 1.54) is 35.7 Å². The predicted molar refractivity (Wildman–Crippen MR) is 93.1 cm³/mol. The molecule has 2 aromatic carbocycles. The lowest BCUT2D eigenvalue weighted by Crippen LogP contribution is -2.25. The molecular formula is C17H17FN2O4S. The van der Waals surface area contributed by atoms with Crippen LogP contribution in [0.25, 0.3) is 0 Å². The van der Waals surface area contributed by atoms with Gasteiger partial charge in [0.2, 0.25) is 10.0 Å². The smallest absolute Gasteiger partial charge is 0.255 e. The van der Waals surface area contributed by atoms with Gasteiger partial charge in [0.1, 0.15) is 11.6 Å². The summed E-state index contributed by atoms with van der Waals surface area (Å²) in [5.74, 6) is -0.609. The summed E-state index contributed by atoms with van der Waals surface area (Å²) in [7, 11) is -1.94. The first-order valence-corrected chi connectivity index (χ1v) is 9.27. The Morgan fingerprint density at radius 2 is 2.04 bits per heavy atom. The van der Waals surface area contributed by atoms with Crippen LogP contribution in [0, 0.1) is 5.82 Å². The van der Waals surface area contributed by atoms with Crippen LogP contribution in [0.5, 0.6) is 5.75 Å². The molecule has 0 bridgehead atoms. The van der Waals surface area contributed by atoms with Crippen molar-refractivity contribution in [3.05, 3.63) is 53.8 Å². The number of ether oxygens (including phenoxy) is 1. The summed E-state index contributed by atoms with van der Waals surface area (Å²) in [4.78, 5) is 12.5. The Kier molecular flexibility index (Phi) is 4.63. The van der Waals surface area contributed by atoms with Crippen LogP contribution in [0.4, 0.5) is 15.8 Å². The molecule has 0 atom stereocenters. The van der Waals surface area contributed by atoms with E-state index in [-0.39, 0.29) is 11.5 Å². The maximum atomic E-state index is 13.2. The zero-order valence-corrected chi connectivity index (χ0v) is 14.3. The van der Waals surface area contributed by atoms with Gasteiger partial charge < -0.3 is 10.1 Å². The van der Waals surface area contributed by atoms with Crippen LogP contribution in [0.2, 0.25) is 0 Å². The lowest BCUT2D eigenvalue weighted by atomic mass is 10.1. The number of carbonyl (C=O) groups excluding carboxylic acids is 1. The number of methoxy groups -OCH3 is 1. The number of benzene rings is 2. The summed E-state index contributed by atoms with van der Waals surface area (Å²) < 4.78 is 43.6. The van der Waals surface area contributed by atoms with Crippen molar-refractivity contribution in [3.8, 4) is 5.75 Å². The molecule has 3 rings (SSSR count). The lowest BCUT2D eigenvalue weighted by Gasteiger charge is -2.17. The first-order chi connectivity index (χ1) is 11.9. The Balaban J connectivity index is 1.85. The zero-order valence-electron chi connectivity index (χ0n) is 13.5. The number of halogens is 1. The molecular weight excluding hydrogens is 347 g/mol. The van der Waals surface area contributed by atoms with Gasteiger partial charge in [-0.3, -0.25) is 9.10 Å². The Morgan fingerprint density at radius 1 is 1.24 bits per heavy atom. The third-order valence-electron chi connectivity index (χ3n) is 3.91. The Labute approximate surface area is 145 Å². The molecule has 1 aliphatic heterocycles. The minimum absolute atomic E-state index is 0.107. The normalized spacial score (nSPS) is 15.8. The number of carbonyl (C=O) groups is 1. The van der Waals surface area contributed by atoms with Gasteiger partial charge in [0.05, 0.1) is 24.2 Å². The molecule has 1 saturated heterocycles. The van der Waals surface area contributed by atoms with Gasteiger partial charge in [0.25, 0.3) is 5.91 Å². The average Bonchev–Trinajstić information content (AvgIpc) is 2.95. The number of hydrogen-bond acceptors (Lipinski definition) is 4. The summed E-state index contributed by atoms with van der Waals surface area (Å²) in [6.07, 6.45) is 0.561. The van der Waals surface area contributed by atoms with Crippen molar-refractivity contribution in [3.63, 3.8) is 0 Å². The van der Waals surface area contributed by atoms with Crippen LogP contribution < -0.4 is 14.4 Å². The van der Waals surface area contributed by atoms with Crippen molar-refractivity contribution in [1.82, 2.24) is 0 Å². The molecule has 0 radical (unpaired) electrons. The van der Waals surface area contributed by atoms with E-state index in [0.717, 1.165) is 0 Å². The Bertz CT molecular complexity index is 915. The molecule has 1 aliphatic rings. The van der Waals surface area contributed by atoms with E-state index in [1.807, 2.05) is 0 Å². The van der Waals surface area contributed by atoms with Crippen LogP contribution in [0.1, 0.15) is 16.8 Å². The molecule has 2 aromatic rings. The van der Waals surface area contributed by atoms with Gasteiger partial charge in [-0.25, -0.2) is 12.8 Å². The van der Waals surface area contributed by atoms with Crippen molar-refractivity contribution in [2.45, 2.75) is 6.42 Å². The third kappa shape index (κ3) is 3.58. The second kappa shape index (κ2) is 6.72. The second-order valence-electron chi connectivity index (χ2n) is 5.59. The number of rotatable bonds is 4. The standard InChI is InChI=1S/C17H17FN2O4S/c1-24-16-11-13(18)6-7-15(16)19-17(21)12-4-2-5-14(10-12)20-8-3-9-25(20,22)23/h2,4-7,10-11H,3,8-9H2,1H3,(H,19,21). The maximum Gasteiger partial charge on any atom is 0.255 e. The SMILES string of the molecule is COc1cc(F)ccc1NC(=O)c1cccc(N2CCCS2(=O)=O)c1. The van der Waals surface area contributed by atoms with Crippen LogP contribution in [-0.4, -0.2) is 33.7 Å². The van der Waals surface area contributed by atoms with Gasteiger partial charge in [-0.05, 0) is 36.8 Å². The molecule has 1 amide bonds. The zero-order chi connectivity index (χ0) is 18.0. The van der Waals surface area contributed by atoms with Gasteiger partial charge in [0.15, 0.2) is 0 Å². The van der Waals surface area contributed by atoms with Gasteiger partial charge in [-0.1, -0.05) is 6.07 Å². The molecule has 0 spiro atoms. The van der Waals surface area contributed by atoms with Crippen LogP contribution in [0.3, 0.4) is 0 Å². The van der Waals surface area contributed by atoms with Crippen LogP contribution in [0.15, 0.2) is 42.5 Å². The fraction of sp³-hybridized carbons (Fsp3) is 0.235. The molecule has 0 saturated carbocycles. The molecule has 1 fully saturated rings. The number of amides is 1. The molecule has 0 unspecified atom stereocenters. The fourth-order valence-corrected chi connectivity index (χ4v) is 4.25. The Hall–Kier alpha value is -2.61. The summed E-state index contributed by atoms with van der Waals surface area (Å²) in [6.45, 7) is 0.402. The van der Waals surface area contributed by atoms with Crippen molar-refractivity contribution in [2.75, 3.05) is 29.0 Å². The van der Waals surface area contributed by atoms with E-state index in [9.17, 15) is 17.6 Å². The molecule has 1 N–H and O–H groups in total. The highest BCUT2D eigenvalue weighted by Gasteiger charge is 2.28. The average molecular weight is 364 g/mol.